The second-order valence-electron chi connectivity index (χ2n) is 6.79. The zero-order valence-electron chi connectivity index (χ0n) is 15.6. The molecule has 0 atom stereocenters. The van der Waals surface area contributed by atoms with Crippen LogP contribution in [0, 0.1) is 5.92 Å². The number of hydrogen-bond donors (Lipinski definition) is 3. The van der Waals surface area contributed by atoms with Gasteiger partial charge >= 0.3 is 6.09 Å². The molecule has 3 rings (SSSR count). The maximum absolute atomic E-state index is 10.8. The summed E-state index contributed by atoms with van der Waals surface area (Å²) in [6.45, 7) is 1.36. The van der Waals surface area contributed by atoms with Crippen LogP contribution in [-0.4, -0.2) is 40.2 Å². The van der Waals surface area contributed by atoms with Crippen LogP contribution in [0.5, 0.6) is 5.75 Å². The maximum atomic E-state index is 10.8. The zero-order valence-corrected chi connectivity index (χ0v) is 16.3. The first-order valence-corrected chi connectivity index (χ1v) is 9.54. The van der Waals surface area contributed by atoms with Crippen molar-refractivity contribution >= 4 is 23.6 Å². The lowest BCUT2D eigenvalue weighted by Crippen LogP contribution is -2.37. The molecule has 1 aliphatic rings. The van der Waals surface area contributed by atoms with E-state index in [0.717, 1.165) is 30.7 Å². The van der Waals surface area contributed by atoms with Crippen molar-refractivity contribution in [2.45, 2.75) is 25.7 Å². The molecule has 2 aromatic carbocycles. The number of nitrogens with two attached hydrogens (primary N) is 1. The number of piperidine rings is 1. The number of carbonyl (C=O) groups excluding carboxylic acids is 1. The van der Waals surface area contributed by atoms with Gasteiger partial charge in [-0.1, -0.05) is 23.7 Å². The topological polar surface area (TPSA) is 104 Å². The van der Waals surface area contributed by atoms with E-state index >= 15 is 0 Å². The third-order valence-corrected chi connectivity index (χ3v) is 5.04. The minimum atomic E-state index is -0.786. The number of hydrogen-bond acceptors (Lipinski definition) is 3. The molecule has 150 valence electrons. The zero-order chi connectivity index (χ0) is 20.5. The van der Waals surface area contributed by atoms with E-state index in [0.29, 0.717) is 24.6 Å². The highest BCUT2D eigenvalue weighted by Gasteiger charge is 2.21. The Morgan fingerprint density at radius 3 is 2.11 bits per heavy atom. The third kappa shape index (κ3) is 7.12. The standard InChI is InChI=1S/C14H18ClNO2.C7H7NO2/c15-13-5-3-11(4-6-13)1-2-12-7-9-16(10-8-12)14(17)18;8-7(10)5-1-3-6(9)4-2-5/h3-6,12H,1-2,7-10H2,(H,17,18);1-4,9H,(H2,8,10). The van der Waals surface area contributed by atoms with Crippen molar-refractivity contribution in [3.63, 3.8) is 0 Å². The van der Waals surface area contributed by atoms with E-state index in [4.69, 9.17) is 27.5 Å². The van der Waals surface area contributed by atoms with Crippen molar-refractivity contribution < 1.29 is 19.8 Å². The smallest absolute Gasteiger partial charge is 0.407 e. The molecule has 0 saturated carbocycles. The molecular weight excluding hydrogens is 380 g/mol. The van der Waals surface area contributed by atoms with Crippen LogP contribution in [0.15, 0.2) is 48.5 Å². The number of rotatable bonds is 4. The molecule has 0 bridgehead atoms. The molecule has 2 aromatic rings. The fourth-order valence-electron chi connectivity index (χ4n) is 3.06. The largest absolute Gasteiger partial charge is 0.508 e. The molecule has 1 heterocycles. The van der Waals surface area contributed by atoms with Crippen molar-refractivity contribution in [1.29, 1.82) is 0 Å². The molecule has 28 heavy (non-hydrogen) atoms. The predicted octanol–water partition coefficient (Wildman–Crippen LogP) is 4.15. The monoisotopic (exact) mass is 404 g/mol. The molecule has 0 radical (unpaired) electrons. The lowest BCUT2D eigenvalue weighted by Gasteiger charge is -2.29. The Morgan fingerprint density at radius 2 is 1.61 bits per heavy atom. The van der Waals surface area contributed by atoms with Crippen LogP contribution < -0.4 is 5.73 Å². The number of carbonyl (C=O) groups is 2. The minimum absolute atomic E-state index is 0.130. The highest BCUT2D eigenvalue weighted by atomic mass is 35.5. The van der Waals surface area contributed by atoms with E-state index in [1.807, 2.05) is 12.1 Å². The normalized spacial score (nSPS) is 14.1. The molecule has 0 aromatic heterocycles. The van der Waals surface area contributed by atoms with E-state index in [-0.39, 0.29) is 5.75 Å². The summed E-state index contributed by atoms with van der Waals surface area (Å²) in [5, 5.41) is 18.4. The molecule has 1 fully saturated rings. The SMILES string of the molecule is NC(=O)c1ccc(O)cc1.O=C(O)N1CCC(CCc2ccc(Cl)cc2)CC1. The van der Waals surface area contributed by atoms with Crippen molar-refractivity contribution in [3.8, 4) is 5.75 Å². The number of halogens is 1. The Labute approximate surface area is 169 Å². The van der Waals surface area contributed by atoms with Crippen molar-refractivity contribution in [3.05, 3.63) is 64.7 Å². The van der Waals surface area contributed by atoms with Crippen molar-refractivity contribution in [1.82, 2.24) is 4.90 Å². The van der Waals surface area contributed by atoms with Crippen LogP contribution >= 0.6 is 11.6 Å². The first-order chi connectivity index (χ1) is 13.3. The fourth-order valence-corrected chi connectivity index (χ4v) is 3.19. The summed E-state index contributed by atoms with van der Waals surface area (Å²) in [6, 6.07) is 13.7. The van der Waals surface area contributed by atoms with Crippen LogP contribution in [0.2, 0.25) is 5.02 Å². The number of phenols is 1. The summed E-state index contributed by atoms with van der Waals surface area (Å²) in [6.07, 6.45) is 3.37. The van der Waals surface area contributed by atoms with Gasteiger partial charge in [0.05, 0.1) is 0 Å². The average molecular weight is 405 g/mol. The number of benzene rings is 2. The van der Waals surface area contributed by atoms with Gasteiger partial charge in [0.15, 0.2) is 0 Å². The summed E-state index contributed by atoms with van der Waals surface area (Å²) >= 11 is 5.85. The summed E-state index contributed by atoms with van der Waals surface area (Å²) in [4.78, 5) is 22.8. The van der Waals surface area contributed by atoms with Gasteiger partial charge in [-0.15, -0.1) is 0 Å². The van der Waals surface area contributed by atoms with Crippen LogP contribution in [0.4, 0.5) is 4.79 Å². The number of aryl methyl sites for hydroxylation is 1. The van der Waals surface area contributed by atoms with E-state index in [2.05, 4.69) is 12.1 Å². The maximum Gasteiger partial charge on any atom is 0.407 e. The van der Waals surface area contributed by atoms with Crippen LogP contribution in [0.1, 0.15) is 35.2 Å². The molecule has 0 spiro atoms. The Balaban J connectivity index is 0.000000237. The molecule has 1 aliphatic heterocycles. The number of nitrogens with zero attached hydrogens (tertiary/aromatic N) is 1. The van der Waals surface area contributed by atoms with Gasteiger partial charge in [-0.05, 0) is 73.6 Å². The quantitative estimate of drug-likeness (QED) is 0.711. The van der Waals surface area contributed by atoms with Gasteiger partial charge in [0.1, 0.15) is 5.75 Å². The summed E-state index contributed by atoms with van der Waals surface area (Å²) < 4.78 is 0. The van der Waals surface area contributed by atoms with Crippen LogP contribution in [0.3, 0.4) is 0 Å². The Kier molecular flexibility index (Phi) is 8.14. The lowest BCUT2D eigenvalue weighted by molar-refractivity contribution is 0.1000. The molecule has 2 amide bonds. The number of phenolic OH excluding ortho intramolecular Hbond substituents is 1. The fraction of sp³-hybridized carbons (Fsp3) is 0.333. The molecule has 6 nitrogen and oxygen atoms in total. The van der Waals surface area contributed by atoms with E-state index < -0.39 is 12.0 Å². The number of primary amides is 1. The van der Waals surface area contributed by atoms with Gasteiger partial charge in [0, 0.05) is 23.7 Å². The number of aromatic hydroxyl groups is 1. The van der Waals surface area contributed by atoms with Gasteiger partial charge in [-0.25, -0.2) is 4.79 Å². The summed E-state index contributed by atoms with van der Waals surface area (Å²) in [5.74, 6) is 0.293. The van der Waals surface area contributed by atoms with Crippen molar-refractivity contribution in [2.24, 2.45) is 11.7 Å². The number of amides is 2. The van der Waals surface area contributed by atoms with E-state index in [9.17, 15) is 9.59 Å². The van der Waals surface area contributed by atoms with E-state index in [1.54, 1.807) is 0 Å². The molecule has 0 unspecified atom stereocenters. The summed E-state index contributed by atoms with van der Waals surface area (Å²) in [7, 11) is 0. The van der Waals surface area contributed by atoms with Gasteiger partial charge in [-0.2, -0.15) is 0 Å². The highest BCUT2D eigenvalue weighted by molar-refractivity contribution is 6.30. The molecule has 7 heteroatoms. The molecule has 4 N–H and O–H groups in total. The van der Waals surface area contributed by atoms with E-state index in [1.165, 1.54) is 34.7 Å². The predicted molar refractivity (Wildman–Crippen MR) is 109 cm³/mol. The van der Waals surface area contributed by atoms with Gasteiger partial charge in [0.2, 0.25) is 5.91 Å². The highest BCUT2D eigenvalue weighted by Crippen LogP contribution is 2.23. The van der Waals surface area contributed by atoms with Gasteiger partial charge in [0.25, 0.3) is 0 Å². The number of carboxylic acid groups (broad SMARTS) is 1. The van der Waals surface area contributed by atoms with Crippen molar-refractivity contribution in [2.75, 3.05) is 13.1 Å². The second-order valence-corrected chi connectivity index (χ2v) is 7.23. The first-order valence-electron chi connectivity index (χ1n) is 9.16. The van der Waals surface area contributed by atoms with Crippen LogP contribution in [0.25, 0.3) is 0 Å². The Hall–Kier alpha value is -2.73. The average Bonchev–Trinajstić information content (AvgIpc) is 2.69. The molecular formula is C21H25ClN2O4. The number of likely N-dealkylation sites (tertiary alicyclic amines) is 1. The van der Waals surface area contributed by atoms with Crippen LogP contribution in [-0.2, 0) is 6.42 Å². The van der Waals surface area contributed by atoms with Gasteiger partial charge < -0.3 is 20.8 Å². The first kappa shape index (κ1) is 21.6. The second kappa shape index (κ2) is 10.6. The van der Waals surface area contributed by atoms with Gasteiger partial charge in [-0.3, -0.25) is 4.79 Å². The summed E-state index contributed by atoms with van der Waals surface area (Å²) in [5.41, 5.74) is 6.65. The Bertz CT molecular complexity index is 770. The molecule has 0 aliphatic carbocycles. The third-order valence-electron chi connectivity index (χ3n) is 4.79. The minimum Gasteiger partial charge on any atom is -0.508 e. The Morgan fingerprint density at radius 1 is 1.04 bits per heavy atom. The lowest BCUT2D eigenvalue weighted by atomic mass is 9.91. The molecule has 1 saturated heterocycles.